The molecule has 2 heterocycles. The van der Waals surface area contributed by atoms with E-state index in [1.807, 2.05) is 12.2 Å². The van der Waals surface area contributed by atoms with Gasteiger partial charge in [-0.2, -0.15) is 12.6 Å². The van der Waals surface area contributed by atoms with E-state index in [1.54, 1.807) is 12.3 Å². The number of fused-ring (bicyclic) bond motifs is 1. The van der Waals surface area contributed by atoms with Gasteiger partial charge in [0.2, 0.25) is 0 Å². The summed E-state index contributed by atoms with van der Waals surface area (Å²) in [5.41, 5.74) is 1.43. The molecule has 1 N–H and O–H groups in total. The summed E-state index contributed by atoms with van der Waals surface area (Å²) in [7, 11) is 0. The van der Waals surface area contributed by atoms with E-state index >= 15 is 0 Å². The zero-order chi connectivity index (χ0) is 12.3. The molecule has 0 amide bonds. The van der Waals surface area contributed by atoms with Crippen molar-refractivity contribution in [3.63, 3.8) is 0 Å². The summed E-state index contributed by atoms with van der Waals surface area (Å²) in [5, 5.41) is 11.3. The molecule has 0 bridgehead atoms. The van der Waals surface area contributed by atoms with Crippen LogP contribution in [0.2, 0.25) is 0 Å². The van der Waals surface area contributed by atoms with E-state index in [4.69, 9.17) is 0 Å². The van der Waals surface area contributed by atoms with Gasteiger partial charge in [-0.1, -0.05) is 12.2 Å². The Morgan fingerprint density at radius 1 is 1.59 bits per heavy atom. The average Bonchev–Trinajstić information content (AvgIpc) is 2.72. The number of aromatic amines is 1. The van der Waals surface area contributed by atoms with Crippen LogP contribution in [-0.4, -0.2) is 20.6 Å². The second-order valence-electron chi connectivity index (χ2n) is 3.51. The van der Waals surface area contributed by atoms with E-state index < -0.39 is 4.92 Å². The van der Waals surface area contributed by atoms with Gasteiger partial charge in [-0.15, -0.1) is 0 Å². The number of allylic oxidation sites excluding steroid dienone is 1. The Bertz CT molecular complexity index is 577. The van der Waals surface area contributed by atoms with Crippen LogP contribution in [0.25, 0.3) is 17.1 Å². The molecule has 0 saturated heterocycles. The van der Waals surface area contributed by atoms with Gasteiger partial charge in [-0.3, -0.25) is 10.1 Å². The predicted octanol–water partition coefficient (Wildman–Crippen LogP) is 2.80. The van der Waals surface area contributed by atoms with Crippen LogP contribution in [0.1, 0.15) is 12.0 Å². The zero-order valence-corrected chi connectivity index (χ0v) is 9.85. The SMILES string of the molecule is O=[N+]([O-])c1c[nH]c2ncc(C=CCCS)cc12. The van der Waals surface area contributed by atoms with Crippen molar-refractivity contribution in [2.75, 3.05) is 5.75 Å². The molecule has 0 fully saturated rings. The highest BCUT2D eigenvalue weighted by atomic mass is 32.1. The third-order valence-electron chi connectivity index (χ3n) is 2.33. The predicted molar refractivity (Wildman–Crippen MR) is 70.3 cm³/mol. The summed E-state index contributed by atoms with van der Waals surface area (Å²) in [6, 6.07) is 1.76. The van der Waals surface area contributed by atoms with Crippen molar-refractivity contribution < 1.29 is 4.92 Å². The van der Waals surface area contributed by atoms with Gasteiger partial charge >= 0.3 is 0 Å². The first-order valence-electron chi connectivity index (χ1n) is 5.11. The first-order chi connectivity index (χ1) is 8.22. The maximum absolute atomic E-state index is 10.8. The van der Waals surface area contributed by atoms with Crippen LogP contribution in [0.5, 0.6) is 0 Å². The fraction of sp³-hybridized carbons (Fsp3) is 0.182. The highest BCUT2D eigenvalue weighted by molar-refractivity contribution is 7.80. The largest absolute Gasteiger partial charge is 0.340 e. The van der Waals surface area contributed by atoms with Gasteiger partial charge < -0.3 is 4.98 Å². The van der Waals surface area contributed by atoms with Crippen LogP contribution < -0.4 is 0 Å². The molecule has 0 saturated carbocycles. The Balaban J connectivity index is 2.41. The van der Waals surface area contributed by atoms with Gasteiger partial charge in [0.05, 0.1) is 16.5 Å². The molecule has 5 nitrogen and oxygen atoms in total. The van der Waals surface area contributed by atoms with Crippen LogP contribution in [0, 0.1) is 10.1 Å². The van der Waals surface area contributed by atoms with E-state index in [-0.39, 0.29) is 5.69 Å². The summed E-state index contributed by atoms with van der Waals surface area (Å²) in [6.45, 7) is 0. The molecule has 6 heteroatoms. The summed E-state index contributed by atoms with van der Waals surface area (Å²) in [5.74, 6) is 0.774. The van der Waals surface area contributed by atoms with Crippen molar-refractivity contribution in [3.8, 4) is 0 Å². The maximum atomic E-state index is 10.8. The molecule has 0 aliphatic rings. The van der Waals surface area contributed by atoms with Crippen molar-refractivity contribution in [2.45, 2.75) is 6.42 Å². The summed E-state index contributed by atoms with van der Waals surface area (Å²) >= 11 is 4.10. The minimum atomic E-state index is -0.415. The van der Waals surface area contributed by atoms with Crippen molar-refractivity contribution in [1.82, 2.24) is 9.97 Å². The molecular weight excluding hydrogens is 238 g/mol. The van der Waals surface area contributed by atoms with E-state index in [9.17, 15) is 10.1 Å². The van der Waals surface area contributed by atoms with Crippen molar-refractivity contribution in [3.05, 3.63) is 40.2 Å². The number of nitrogens with one attached hydrogen (secondary N) is 1. The molecule has 0 atom stereocenters. The second-order valence-corrected chi connectivity index (χ2v) is 3.96. The quantitative estimate of drug-likeness (QED) is 0.497. The van der Waals surface area contributed by atoms with E-state index in [1.165, 1.54) is 6.20 Å². The molecule has 0 aliphatic heterocycles. The molecule has 0 aliphatic carbocycles. The summed E-state index contributed by atoms with van der Waals surface area (Å²) in [4.78, 5) is 17.3. The summed E-state index contributed by atoms with van der Waals surface area (Å²) < 4.78 is 0. The van der Waals surface area contributed by atoms with Crippen LogP contribution in [-0.2, 0) is 0 Å². The third kappa shape index (κ3) is 2.47. The Labute approximate surface area is 103 Å². The van der Waals surface area contributed by atoms with Crippen LogP contribution in [0.4, 0.5) is 5.69 Å². The second kappa shape index (κ2) is 5.01. The Hall–Kier alpha value is -1.82. The fourth-order valence-corrected chi connectivity index (χ4v) is 1.69. The van der Waals surface area contributed by atoms with Gasteiger partial charge in [0.15, 0.2) is 0 Å². The topological polar surface area (TPSA) is 71.8 Å². The normalized spacial score (nSPS) is 11.4. The maximum Gasteiger partial charge on any atom is 0.296 e. The molecule has 2 aromatic heterocycles. The Kier molecular flexibility index (Phi) is 3.43. The lowest BCUT2D eigenvalue weighted by Crippen LogP contribution is -1.86. The number of hydrogen-bond donors (Lipinski definition) is 2. The average molecular weight is 249 g/mol. The van der Waals surface area contributed by atoms with Crippen LogP contribution in [0.15, 0.2) is 24.5 Å². The zero-order valence-electron chi connectivity index (χ0n) is 8.96. The highest BCUT2D eigenvalue weighted by Gasteiger charge is 2.14. The fourth-order valence-electron chi connectivity index (χ4n) is 1.54. The minimum absolute atomic E-state index is 0.0527. The van der Waals surface area contributed by atoms with Gasteiger partial charge in [0.25, 0.3) is 5.69 Å². The van der Waals surface area contributed by atoms with E-state index in [0.717, 1.165) is 17.7 Å². The monoisotopic (exact) mass is 249 g/mol. The van der Waals surface area contributed by atoms with Crippen LogP contribution in [0.3, 0.4) is 0 Å². The number of nitro groups is 1. The smallest absolute Gasteiger partial charge is 0.296 e. The Morgan fingerprint density at radius 3 is 3.12 bits per heavy atom. The Morgan fingerprint density at radius 2 is 2.41 bits per heavy atom. The molecule has 0 spiro atoms. The number of H-pyrrole nitrogens is 1. The number of aromatic nitrogens is 2. The van der Waals surface area contributed by atoms with Gasteiger partial charge in [-0.05, 0) is 23.8 Å². The van der Waals surface area contributed by atoms with E-state index in [0.29, 0.717) is 11.0 Å². The van der Waals surface area contributed by atoms with Crippen molar-refractivity contribution in [1.29, 1.82) is 0 Å². The number of pyridine rings is 1. The first-order valence-corrected chi connectivity index (χ1v) is 5.74. The van der Waals surface area contributed by atoms with Crippen molar-refractivity contribution in [2.24, 2.45) is 0 Å². The minimum Gasteiger partial charge on any atom is -0.340 e. The van der Waals surface area contributed by atoms with Gasteiger partial charge in [0.1, 0.15) is 5.65 Å². The van der Waals surface area contributed by atoms with E-state index in [2.05, 4.69) is 22.6 Å². The summed E-state index contributed by atoms with van der Waals surface area (Å²) in [6.07, 6.45) is 7.75. The molecule has 0 radical (unpaired) electrons. The van der Waals surface area contributed by atoms with Crippen LogP contribution >= 0.6 is 12.6 Å². The van der Waals surface area contributed by atoms with Gasteiger partial charge in [0, 0.05) is 6.20 Å². The first kappa shape index (κ1) is 11.7. The highest BCUT2D eigenvalue weighted by Crippen LogP contribution is 2.24. The molecule has 0 unspecified atom stereocenters. The third-order valence-corrected chi connectivity index (χ3v) is 2.59. The molecule has 88 valence electrons. The lowest BCUT2D eigenvalue weighted by atomic mass is 10.2. The lowest BCUT2D eigenvalue weighted by molar-refractivity contribution is -0.383. The molecule has 2 aromatic rings. The number of nitrogens with zero attached hydrogens (tertiary/aromatic N) is 2. The van der Waals surface area contributed by atoms with Crippen molar-refractivity contribution >= 4 is 35.4 Å². The molecular formula is C11H11N3O2S. The lowest BCUT2D eigenvalue weighted by Gasteiger charge is -1.94. The number of rotatable bonds is 4. The van der Waals surface area contributed by atoms with Gasteiger partial charge in [-0.25, -0.2) is 4.98 Å². The standard InChI is InChI=1S/C11H11N3O2S/c15-14(16)10-7-13-11-9(10)5-8(6-12-11)3-1-2-4-17/h1,3,5-7,17H,2,4H2,(H,12,13). The molecule has 0 aromatic carbocycles. The molecule has 2 rings (SSSR count). The molecule has 17 heavy (non-hydrogen) atoms. The number of hydrogen-bond acceptors (Lipinski definition) is 4. The number of thiol groups is 1.